The first-order valence-electron chi connectivity index (χ1n) is 5.61. The Morgan fingerprint density at radius 1 is 1.41 bits per heavy atom. The molecular formula is C13H16N2OS. The predicted molar refractivity (Wildman–Crippen MR) is 71.4 cm³/mol. The SMILES string of the molecule is CNC(C)Cc1cnc(-c2ccccc2O)s1. The second kappa shape index (κ2) is 5.29. The number of para-hydroxylation sites is 1. The maximum absolute atomic E-state index is 9.76. The summed E-state index contributed by atoms with van der Waals surface area (Å²) in [4.78, 5) is 5.59. The van der Waals surface area contributed by atoms with Crippen LogP contribution in [0.5, 0.6) is 5.75 Å². The van der Waals surface area contributed by atoms with Gasteiger partial charge in [0.15, 0.2) is 0 Å². The molecule has 0 bridgehead atoms. The lowest BCUT2D eigenvalue weighted by molar-refractivity contribution is 0.477. The fourth-order valence-electron chi connectivity index (χ4n) is 1.58. The van der Waals surface area contributed by atoms with Gasteiger partial charge < -0.3 is 10.4 Å². The van der Waals surface area contributed by atoms with Crippen molar-refractivity contribution < 1.29 is 5.11 Å². The molecule has 1 aromatic carbocycles. The summed E-state index contributed by atoms with van der Waals surface area (Å²) in [5.74, 6) is 0.287. The third-order valence-corrected chi connectivity index (χ3v) is 3.74. The van der Waals surface area contributed by atoms with E-state index >= 15 is 0 Å². The van der Waals surface area contributed by atoms with Crippen LogP contribution in [-0.2, 0) is 6.42 Å². The van der Waals surface area contributed by atoms with E-state index in [0.29, 0.717) is 6.04 Å². The Balaban J connectivity index is 2.21. The number of thiazole rings is 1. The fourth-order valence-corrected chi connectivity index (χ4v) is 2.66. The molecule has 90 valence electrons. The van der Waals surface area contributed by atoms with Gasteiger partial charge in [0.25, 0.3) is 0 Å². The van der Waals surface area contributed by atoms with E-state index in [1.165, 1.54) is 4.88 Å². The van der Waals surface area contributed by atoms with Crippen LogP contribution in [0.1, 0.15) is 11.8 Å². The average molecular weight is 248 g/mol. The summed E-state index contributed by atoms with van der Waals surface area (Å²) >= 11 is 1.63. The van der Waals surface area contributed by atoms with Crippen LogP contribution in [0.4, 0.5) is 0 Å². The molecule has 0 aliphatic rings. The topological polar surface area (TPSA) is 45.2 Å². The molecule has 0 saturated carbocycles. The van der Waals surface area contributed by atoms with Crippen molar-refractivity contribution in [2.75, 3.05) is 7.05 Å². The van der Waals surface area contributed by atoms with Crippen LogP contribution >= 0.6 is 11.3 Å². The van der Waals surface area contributed by atoms with Gasteiger partial charge in [-0.1, -0.05) is 12.1 Å². The van der Waals surface area contributed by atoms with E-state index in [0.717, 1.165) is 17.0 Å². The fraction of sp³-hybridized carbons (Fsp3) is 0.308. The van der Waals surface area contributed by atoms with E-state index in [4.69, 9.17) is 0 Å². The highest BCUT2D eigenvalue weighted by atomic mass is 32.1. The zero-order chi connectivity index (χ0) is 12.3. The smallest absolute Gasteiger partial charge is 0.127 e. The Kier molecular flexibility index (Phi) is 3.76. The summed E-state index contributed by atoms with van der Waals surface area (Å²) in [5, 5.41) is 13.8. The molecule has 0 radical (unpaired) electrons. The van der Waals surface area contributed by atoms with Gasteiger partial charge in [0.2, 0.25) is 0 Å². The van der Waals surface area contributed by atoms with Crippen molar-refractivity contribution in [1.82, 2.24) is 10.3 Å². The molecule has 0 aliphatic heterocycles. The average Bonchev–Trinajstić information content (AvgIpc) is 2.78. The van der Waals surface area contributed by atoms with E-state index in [2.05, 4.69) is 17.2 Å². The molecule has 0 spiro atoms. The molecule has 2 aromatic rings. The predicted octanol–water partition coefficient (Wildman–Crippen LogP) is 2.67. The number of hydrogen-bond donors (Lipinski definition) is 2. The molecular weight excluding hydrogens is 232 g/mol. The van der Waals surface area contributed by atoms with E-state index in [1.807, 2.05) is 31.4 Å². The van der Waals surface area contributed by atoms with Crippen LogP contribution in [0.25, 0.3) is 10.6 Å². The van der Waals surface area contributed by atoms with Crippen molar-refractivity contribution in [1.29, 1.82) is 0 Å². The molecule has 2 rings (SSSR count). The van der Waals surface area contributed by atoms with Gasteiger partial charge in [0.05, 0.1) is 5.56 Å². The van der Waals surface area contributed by atoms with Gasteiger partial charge in [0, 0.05) is 17.1 Å². The quantitative estimate of drug-likeness (QED) is 0.874. The maximum atomic E-state index is 9.76. The van der Waals surface area contributed by atoms with Crippen LogP contribution in [0.15, 0.2) is 30.5 Å². The van der Waals surface area contributed by atoms with E-state index < -0.39 is 0 Å². The van der Waals surface area contributed by atoms with Crippen molar-refractivity contribution in [3.63, 3.8) is 0 Å². The van der Waals surface area contributed by atoms with Gasteiger partial charge in [-0.25, -0.2) is 4.98 Å². The summed E-state index contributed by atoms with van der Waals surface area (Å²) in [7, 11) is 1.95. The molecule has 1 unspecified atom stereocenters. The number of rotatable bonds is 4. The van der Waals surface area contributed by atoms with Gasteiger partial charge in [0.1, 0.15) is 10.8 Å². The first-order chi connectivity index (χ1) is 8.20. The summed E-state index contributed by atoms with van der Waals surface area (Å²) in [6.45, 7) is 2.14. The minimum atomic E-state index is 0.287. The lowest BCUT2D eigenvalue weighted by Crippen LogP contribution is -2.22. The van der Waals surface area contributed by atoms with Crippen molar-refractivity contribution in [3.05, 3.63) is 35.3 Å². The monoisotopic (exact) mass is 248 g/mol. The van der Waals surface area contributed by atoms with Crippen LogP contribution in [0.3, 0.4) is 0 Å². The number of hydrogen-bond acceptors (Lipinski definition) is 4. The van der Waals surface area contributed by atoms with Gasteiger partial charge in [-0.2, -0.15) is 0 Å². The van der Waals surface area contributed by atoms with E-state index in [-0.39, 0.29) is 5.75 Å². The normalized spacial score (nSPS) is 12.6. The molecule has 1 atom stereocenters. The van der Waals surface area contributed by atoms with Gasteiger partial charge in [-0.05, 0) is 32.5 Å². The number of nitrogens with zero attached hydrogens (tertiary/aromatic N) is 1. The molecule has 0 saturated heterocycles. The highest BCUT2D eigenvalue weighted by molar-refractivity contribution is 7.15. The molecule has 1 aromatic heterocycles. The summed E-state index contributed by atoms with van der Waals surface area (Å²) in [5.41, 5.74) is 0.806. The van der Waals surface area contributed by atoms with Gasteiger partial charge in [-0.15, -0.1) is 11.3 Å². The second-order valence-electron chi connectivity index (χ2n) is 4.04. The highest BCUT2D eigenvalue weighted by Gasteiger charge is 2.09. The van der Waals surface area contributed by atoms with Crippen molar-refractivity contribution >= 4 is 11.3 Å². The third-order valence-electron chi connectivity index (χ3n) is 2.69. The molecule has 1 heterocycles. The molecule has 2 N–H and O–H groups in total. The first-order valence-corrected chi connectivity index (χ1v) is 6.42. The highest BCUT2D eigenvalue weighted by Crippen LogP contribution is 2.32. The number of aromatic hydroxyl groups is 1. The van der Waals surface area contributed by atoms with E-state index in [9.17, 15) is 5.11 Å². The Morgan fingerprint density at radius 2 is 2.18 bits per heavy atom. The van der Waals surface area contributed by atoms with Crippen LogP contribution in [0, 0.1) is 0 Å². The summed E-state index contributed by atoms with van der Waals surface area (Å²) in [6.07, 6.45) is 2.85. The van der Waals surface area contributed by atoms with E-state index in [1.54, 1.807) is 17.4 Å². The minimum Gasteiger partial charge on any atom is -0.507 e. The minimum absolute atomic E-state index is 0.287. The number of aromatic nitrogens is 1. The second-order valence-corrected chi connectivity index (χ2v) is 5.16. The summed E-state index contributed by atoms with van der Waals surface area (Å²) < 4.78 is 0. The van der Waals surface area contributed by atoms with Crippen molar-refractivity contribution in [2.45, 2.75) is 19.4 Å². The Morgan fingerprint density at radius 3 is 2.88 bits per heavy atom. The van der Waals surface area contributed by atoms with Crippen molar-refractivity contribution in [3.8, 4) is 16.3 Å². The lowest BCUT2D eigenvalue weighted by atomic mass is 10.2. The Labute approximate surface area is 105 Å². The van der Waals surface area contributed by atoms with Gasteiger partial charge in [-0.3, -0.25) is 0 Å². The zero-order valence-electron chi connectivity index (χ0n) is 9.97. The lowest BCUT2D eigenvalue weighted by Gasteiger charge is -2.06. The van der Waals surface area contributed by atoms with Crippen LogP contribution < -0.4 is 5.32 Å². The van der Waals surface area contributed by atoms with Crippen molar-refractivity contribution in [2.24, 2.45) is 0 Å². The van der Waals surface area contributed by atoms with Gasteiger partial charge >= 0.3 is 0 Å². The number of nitrogens with one attached hydrogen (secondary N) is 1. The van der Waals surface area contributed by atoms with Crippen LogP contribution in [0.2, 0.25) is 0 Å². The standard InChI is InChI=1S/C13H16N2OS/c1-9(14-2)7-10-8-15-13(17-10)11-5-3-4-6-12(11)16/h3-6,8-9,14,16H,7H2,1-2H3. The zero-order valence-corrected chi connectivity index (χ0v) is 10.8. The molecule has 0 aliphatic carbocycles. The third kappa shape index (κ3) is 2.84. The molecule has 0 fully saturated rings. The number of phenolic OH excluding ortho intramolecular Hbond substituents is 1. The Bertz CT molecular complexity index is 496. The maximum Gasteiger partial charge on any atom is 0.127 e. The molecule has 3 nitrogen and oxygen atoms in total. The molecule has 4 heteroatoms. The number of benzene rings is 1. The molecule has 0 amide bonds. The summed E-state index contributed by atoms with van der Waals surface area (Å²) in [6, 6.07) is 7.74. The number of likely N-dealkylation sites (N-methyl/N-ethyl adjacent to an activating group) is 1. The van der Waals surface area contributed by atoms with Crippen LogP contribution in [-0.4, -0.2) is 23.2 Å². The largest absolute Gasteiger partial charge is 0.507 e. The first kappa shape index (κ1) is 12.1. The Hall–Kier alpha value is -1.39. The number of phenols is 1. The molecule has 17 heavy (non-hydrogen) atoms.